The normalized spacial score (nSPS) is 24.2. The van der Waals surface area contributed by atoms with Crippen molar-refractivity contribution in [3.05, 3.63) is 29.3 Å². The molecule has 30 heavy (non-hydrogen) atoms. The van der Waals surface area contributed by atoms with E-state index in [1.165, 1.54) is 5.56 Å². The molecule has 1 aliphatic carbocycles. The van der Waals surface area contributed by atoms with Crippen molar-refractivity contribution in [1.82, 2.24) is 10.2 Å². The lowest BCUT2D eigenvalue weighted by Gasteiger charge is -2.38. The molecule has 3 rings (SSSR count). The van der Waals surface area contributed by atoms with Crippen LogP contribution in [0.2, 0.25) is 0 Å². The maximum absolute atomic E-state index is 13.5. The second-order valence-corrected chi connectivity index (χ2v) is 13.6. The quantitative estimate of drug-likeness (QED) is 0.646. The minimum absolute atomic E-state index is 0.129. The third-order valence-electron chi connectivity index (χ3n) is 6.76. The van der Waals surface area contributed by atoms with Gasteiger partial charge in [0, 0.05) is 18.1 Å². The van der Waals surface area contributed by atoms with Gasteiger partial charge in [0.25, 0.3) is 0 Å². The van der Waals surface area contributed by atoms with Crippen molar-refractivity contribution in [3.8, 4) is 0 Å². The summed E-state index contributed by atoms with van der Waals surface area (Å²) < 4.78 is 51.8. The van der Waals surface area contributed by atoms with Gasteiger partial charge in [-0.25, -0.2) is 16.8 Å². The summed E-state index contributed by atoms with van der Waals surface area (Å²) >= 11 is 0. The minimum atomic E-state index is -3.75. The zero-order valence-corrected chi connectivity index (χ0v) is 20.3. The van der Waals surface area contributed by atoms with E-state index in [1.54, 1.807) is 12.1 Å². The summed E-state index contributed by atoms with van der Waals surface area (Å²) in [4.78, 5) is 2.55. The molecule has 0 unspecified atom stereocenters. The lowest BCUT2D eigenvalue weighted by Crippen LogP contribution is -2.54. The number of rotatable bonds is 8. The van der Waals surface area contributed by atoms with Crippen LogP contribution in [0.4, 0.5) is 0 Å². The summed E-state index contributed by atoms with van der Waals surface area (Å²) in [6.07, 6.45) is 4.08. The monoisotopic (exact) mass is 456 g/mol. The van der Waals surface area contributed by atoms with E-state index in [2.05, 4.69) is 37.9 Å². The zero-order valence-electron chi connectivity index (χ0n) is 18.6. The van der Waals surface area contributed by atoms with Crippen LogP contribution in [0.15, 0.2) is 23.1 Å². The predicted octanol–water partition coefficient (Wildman–Crippen LogP) is 2.21. The highest BCUT2D eigenvalue weighted by molar-refractivity contribution is 7.96. The van der Waals surface area contributed by atoms with Crippen molar-refractivity contribution < 1.29 is 16.8 Å². The molecule has 1 aromatic rings. The van der Waals surface area contributed by atoms with Crippen LogP contribution in [-0.2, 0) is 32.5 Å². The number of hydrogen-bond donors (Lipinski definition) is 1. The number of benzene rings is 1. The van der Waals surface area contributed by atoms with E-state index in [9.17, 15) is 16.8 Å². The van der Waals surface area contributed by atoms with Crippen molar-refractivity contribution in [2.75, 3.05) is 31.1 Å². The van der Waals surface area contributed by atoms with Gasteiger partial charge in [-0.1, -0.05) is 19.9 Å². The van der Waals surface area contributed by atoms with Gasteiger partial charge in [0.1, 0.15) is 0 Å². The van der Waals surface area contributed by atoms with Gasteiger partial charge in [-0.2, -0.15) is 0 Å². The first-order valence-corrected chi connectivity index (χ1v) is 14.4. The molecule has 0 amide bonds. The number of nitrogens with one attached hydrogen (secondary N) is 1. The van der Waals surface area contributed by atoms with Crippen LogP contribution in [0, 0.1) is 0 Å². The molecule has 170 valence electrons. The third-order valence-corrected chi connectivity index (χ3v) is 10.9. The SMILES string of the molecule is CCN(CC)C(C)(C)CN[C@H]1CS(=O)(=O)C[C@@H]1S(=O)(=O)c1ccc2c(c1)CCCC2. The molecular formula is C22H36N2O4S2. The van der Waals surface area contributed by atoms with E-state index < -0.39 is 31.0 Å². The molecule has 0 saturated carbocycles. The van der Waals surface area contributed by atoms with E-state index >= 15 is 0 Å². The van der Waals surface area contributed by atoms with Gasteiger partial charge in [0.05, 0.1) is 21.7 Å². The molecule has 0 radical (unpaired) electrons. The first-order valence-electron chi connectivity index (χ1n) is 11.0. The molecule has 2 aliphatic rings. The summed E-state index contributed by atoms with van der Waals surface area (Å²) in [5, 5.41) is 2.37. The van der Waals surface area contributed by atoms with Gasteiger partial charge in [0.15, 0.2) is 19.7 Å². The number of sulfone groups is 2. The summed E-state index contributed by atoms with van der Waals surface area (Å²) in [5.74, 6) is -0.439. The Balaban J connectivity index is 1.85. The Bertz CT molecular complexity index is 967. The molecule has 8 heteroatoms. The average Bonchev–Trinajstić information content (AvgIpc) is 3.02. The molecule has 1 aliphatic heterocycles. The lowest BCUT2D eigenvalue weighted by atomic mass is 9.92. The first kappa shape index (κ1) is 23.7. The maximum Gasteiger partial charge on any atom is 0.183 e. The largest absolute Gasteiger partial charge is 0.310 e. The lowest BCUT2D eigenvalue weighted by molar-refractivity contribution is 0.130. The van der Waals surface area contributed by atoms with Gasteiger partial charge in [0.2, 0.25) is 0 Å². The van der Waals surface area contributed by atoms with Crippen LogP contribution >= 0.6 is 0 Å². The summed E-state index contributed by atoms with van der Waals surface area (Å²) in [6, 6.07) is 4.77. The summed E-state index contributed by atoms with van der Waals surface area (Å²) in [5.41, 5.74) is 2.11. The Kier molecular flexibility index (Phi) is 7.02. The van der Waals surface area contributed by atoms with Gasteiger partial charge in [-0.3, -0.25) is 4.90 Å². The Labute approximate surface area is 182 Å². The number of nitrogens with zero attached hydrogens (tertiary/aromatic N) is 1. The van der Waals surface area contributed by atoms with E-state index in [0.29, 0.717) is 6.54 Å². The molecule has 0 bridgehead atoms. The molecule has 0 spiro atoms. The van der Waals surface area contributed by atoms with Crippen molar-refractivity contribution in [2.24, 2.45) is 0 Å². The predicted molar refractivity (Wildman–Crippen MR) is 122 cm³/mol. The third kappa shape index (κ3) is 4.92. The van der Waals surface area contributed by atoms with Crippen LogP contribution in [0.25, 0.3) is 0 Å². The second-order valence-electron chi connectivity index (χ2n) is 9.27. The number of likely N-dealkylation sites (N-methyl/N-ethyl adjacent to an activating group) is 1. The molecule has 1 saturated heterocycles. The summed E-state index contributed by atoms with van der Waals surface area (Å²) in [7, 11) is -7.15. The highest BCUT2D eigenvalue weighted by atomic mass is 32.2. The van der Waals surface area contributed by atoms with Crippen molar-refractivity contribution >= 4 is 19.7 Å². The van der Waals surface area contributed by atoms with Crippen LogP contribution in [0.3, 0.4) is 0 Å². The Morgan fingerprint density at radius 3 is 2.33 bits per heavy atom. The van der Waals surface area contributed by atoms with Crippen LogP contribution < -0.4 is 5.32 Å². The average molecular weight is 457 g/mol. The topological polar surface area (TPSA) is 83.6 Å². The van der Waals surface area contributed by atoms with E-state index in [1.807, 2.05) is 6.07 Å². The molecule has 0 aromatic heterocycles. The molecular weight excluding hydrogens is 420 g/mol. The fourth-order valence-corrected chi connectivity index (χ4v) is 9.71. The number of aryl methyl sites for hydroxylation is 2. The Hall–Kier alpha value is -0.960. The first-order chi connectivity index (χ1) is 14.0. The molecule has 1 fully saturated rings. The van der Waals surface area contributed by atoms with E-state index in [-0.39, 0.29) is 21.9 Å². The maximum atomic E-state index is 13.5. The highest BCUT2D eigenvalue weighted by Gasteiger charge is 2.46. The molecule has 1 aromatic carbocycles. The van der Waals surface area contributed by atoms with Crippen molar-refractivity contribution in [1.29, 1.82) is 0 Å². The number of fused-ring (bicyclic) bond motifs is 1. The van der Waals surface area contributed by atoms with E-state index in [0.717, 1.165) is 44.3 Å². The van der Waals surface area contributed by atoms with Crippen LogP contribution in [0.1, 0.15) is 51.7 Å². The Morgan fingerprint density at radius 2 is 1.70 bits per heavy atom. The van der Waals surface area contributed by atoms with Crippen molar-refractivity contribution in [3.63, 3.8) is 0 Å². The minimum Gasteiger partial charge on any atom is -0.310 e. The smallest absolute Gasteiger partial charge is 0.183 e. The molecule has 1 N–H and O–H groups in total. The van der Waals surface area contributed by atoms with Gasteiger partial charge < -0.3 is 5.32 Å². The highest BCUT2D eigenvalue weighted by Crippen LogP contribution is 2.30. The van der Waals surface area contributed by atoms with E-state index in [4.69, 9.17) is 0 Å². The van der Waals surface area contributed by atoms with Gasteiger partial charge in [-0.15, -0.1) is 0 Å². The van der Waals surface area contributed by atoms with Crippen LogP contribution in [0.5, 0.6) is 0 Å². The fourth-order valence-electron chi connectivity index (χ4n) is 4.95. The van der Waals surface area contributed by atoms with Gasteiger partial charge >= 0.3 is 0 Å². The summed E-state index contributed by atoms with van der Waals surface area (Å²) in [6.45, 7) is 10.7. The van der Waals surface area contributed by atoms with Crippen molar-refractivity contribution in [2.45, 2.75) is 75.1 Å². The second kappa shape index (κ2) is 8.88. The molecule has 2 atom stereocenters. The fraction of sp³-hybridized carbons (Fsp3) is 0.727. The van der Waals surface area contributed by atoms with Crippen LogP contribution in [-0.4, -0.2) is 69.7 Å². The van der Waals surface area contributed by atoms with Gasteiger partial charge in [-0.05, 0) is 75.9 Å². The Morgan fingerprint density at radius 1 is 1.07 bits per heavy atom. The molecule has 1 heterocycles. The number of hydrogen-bond acceptors (Lipinski definition) is 6. The zero-order chi connectivity index (χ0) is 22.2. The standard InChI is InChI=1S/C22H36N2O4S2/c1-5-24(6-2)22(3,4)16-23-20-14-29(25,26)15-21(20)30(27,28)19-12-11-17-9-7-8-10-18(17)13-19/h11-13,20-21,23H,5-10,14-16H2,1-4H3/t20-,21-/m0/s1. The molecule has 6 nitrogen and oxygen atoms in total.